The van der Waals surface area contributed by atoms with Gasteiger partial charge in [0, 0.05) is 25.7 Å². The van der Waals surface area contributed by atoms with Gasteiger partial charge in [-0.1, -0.05) is 0 Å². The molecule has 5 nitrogen and oxygen atoms in total. The van der Waals surface area contributed by atoms with E-state index in [1.807, 2.05) is 11.9 Å². The number of ketones is 1. The minimum Gasteiger partial charge on any atom is -0.366 e. The van der Waals surface area contributed by atoms with Crippen LogP contribution in [-0.2, 0) is 4.79 Å². The van der Waals surface area contributed by atoms with Gasteiger partial charge in [-0.15, -0.1) is 0 Å². The molecular formula is C14H16FN3O2. The molecule has 0 aromatic heterocycles. The number of carbonyl (C=O) groups is 2. The number of halogens is 1. The van der Waals surface area contributed by atoms with Gasteiger partial charge in [0.15, 0.2) is 0 Å². The van der Waals surface area contributed by atoms with E-state index in [1.165, 1.54) is 0 Å². The first-order valence-electron chi connectivity index (χ1n) is 6.62. The van der Waals surface area contributed by atoms with E-state index in [1.54, 1.807) is 6.07 Å². The summed E-state index contributed by atoms with van der Waals surface area (Å²) in [7, 11) is 2.04. The standard InChI is InChI=1S/C14H16FN3O2/c1-8-7-18(4-3-17(8)2)12-6-11-9(5-10(12)15)13(19)14(20)16-11/h5-6,8H,3-4,7H2,1-2H3,(H,16,19,20). The van der Waals surface area contributed by atoms with Crippen LogP contribution in [0, 0.1) is 5.82 Å². The molecule has 20 heavy (non-hydrogen) atoms. The third-order valence-corrected chi connectivity index (χ3v) is 4.09. The number of anilines is 2. The van der Waals surface area contributed by atoms with Crippen LogP contribution in [0.15, 0.2) is 12.1 Å². The molecule has 3 rings (SSSR count). The van der Waals surface area contributed by atoms with Crippen LogP contribution in [0.1, 0.15) is 17.3 Å². The molecule has 1 fully saturated rings. The summed E-state index contributed by atoms with van der Waals surface area (Å²) in [6.07, 6.45) is 0. The number of benzene rings is 1. The number of likely N-dealkylation sites (N-methyl/N-ethyl adjacent to an activating group) is 1. The maximum Gasteiger partial charge on any atom is 0.296 e. The minimum atomic E-state index is -0.691. The van der Waals surface area contributed by atoms with Gasteiger partial charge in [0.1, 0.15) is 5.82 Å². The fourth-order valence-corrected chi connectivity index (χ4v) is 2.66. The Kier molecular flexibility index (Phi) is 2.97. The van der Waals surface area contributed by atoms with Gasteiger partial charge in [-0.2, -0.15) is 0 Å². The molecule has 1 aromatic rings. The molecule has 2 aliphatic rings. The van der Waals surface area contributed by atoms with E-state index in [0.29, 0.717) is 24.0 Å². The van der Waals surface area contributed by atoms with Crippen molar-refractivity contribution >= 4 is 23.1 Å². The third kappa shape index (κ3) is 1.96. The number of hydrogen-bond donors (Lipinski definition) is 1. The molecule has 1 N–H and O–H groups in total. The van der Waals surface area contributed by atoms with Crippen molar-refractivity contribution in [3.8, 4) is 0 Å². The summed E-state index contributed by atoms with van der Waals surface area (Å²) in [6.45, 7) is 4.37. The van der Waals surface area contributed by atoms with Crippen molar-refractivity contribution in [3.05, 3.63) is 23.5 Å². The second-order valence-electron chi connectivity index (χ2n) is 5.41. The largest absolute Gasteiger partial charge is 0.366 e. The summed E-state index contributed by atoms with van der Waals surface area (Å²) in [5.74, 6) is -1.81. The molecule has 0 spiro atoms. The molecule has 0 radical (unpaired) electrons. The van der Waals surface area contributed by atoms with Crippen LogP contribution >= 0.6 is 0 Å². The molecule has 0 saturated carbocycles. The Morgan fingerprint density at radius 3 is 2.75 bits per heavy atom. The molecule has 1 amide bonds. The molecule has 1 aromatic carbocycles. The molecule has 2 aliphatic heterocycles. The highest BCUT2D eigenvalue weighted by Crippen LogP contribution is 2.32. The maximum absolute atomic E-state index is 14.2. The smallest absolute Gasteiger partial charge is 0.296 e. The number of nitrogens with zero attached hydrogens (tertiary/aromatic N) is 2. The second kappa shape index (κ2) is 4.56. The van der Waals surface area contributed by atoms with Crippen molar-refractivity contribution < 1.29 is 14.0 Å². The average molecular weight is 277 g/mol. The maximum atomic E-state index is 14.2. The zero-order valence-electron chi connectivity index (χ0n) is 11.4. The first-order valence-corrected chi connectivity index (χ1v) is 6.62. The Morgan fingerprint density at radius 1 is 1.30 bits per heavy atom. The lowest BCUT2D eigenvalue weighted by atomic mass is 10.1. The fraction of sp³-hybridized carbons (Fsp3) is 0.429. The first-order chi connectivity index (χ1) is 9.47. The molecule has 0 bridgehead atoms. The molecule has 0 aliphatic carbocycles. The second-order valence-corrected chi connectivity index (χ2v) is 5.41. The number of fused-ring (bicyclic) bond motifs is 1. The van der Waals surface area contributed by atoms with Crippen molar-refractivity contribution in [1.82, 2.24) is 4.90 Å². The van der Waals surface area contributed by atoms with Crippen LogP contribution in [0.2, 0.25) is 0 Å². The van der Waals surface area contributed by atoms with Gasteiger partial charge in [0.2, 0.25) is 0 Å². The Hall–Kier alpha value is -1.95. The van der Waals surface area contributed by atoms with Gasteiger partial charge in [-0.05, 0) is 26.1 Å². The van der Waals surface area contributed by atoms with E-state index in [2.05, 4.69) is 17.1 Å². The Labute approximate surface area is 116 Å². The summed E-state index contributed by atoms with van der Waals surface area (Å²) in [5.41, 5.74) is 0.972. The number of hydrogen-bond acceptors (Lipinski definition) is 4. The number of piperazine rings is 1. The summed E-state index contributed by atoms with van der Waals surface area (Å²) in [4.78, 5) is 27.0. The summed E-state index contributed by atoms with van der Waals surface area (Å²) >= 11 is 0. The lowest BCUT2D eigenvalue weighted by molar-refractivity contribution is -0.112. The van der Waals surface area contributed by atoms with Crippen molar-refractivity contribution in [3.63, 3.8) is 0 Å². The zero-order chi connectivity index (χ0) is 14.4. The third-order valence-electron chi connectivity index (χ3n) is 4.09. The lowest BCUT2D eigenvalue weighted by Gasteiger charge is -2.39. The molecule has 6 heteroatoms. The summed E-state index contributed by atoms with van der Waals surface area (Å²) < 4.78 is 14.2. The highest BCUT2D eigenvalue weighted by molar-refractivity contribution is 6.51. The lowest BCUT2D eigenvalue weighted by Crippen LogP contribution is -2.50. The molecule has 2 heterocycles. The van der Waals surface area contributed by atoms with Gasteiger partial charge < -0.3 is 15.1 Å². The van der Waals surface area contributed by atoms with Crippen LogP contribution in [0.5, 0.6) is 0 Å². The monoisotopic (exact) mass is 277 g/mol. The highest BCUT2D eigenvalue weighted by Gasteiger charge is 2.31. The predicted molar refractivity (Wildman–Crippen MR) is 73.7 cm³/mol. The zero-order valence-corrected chi connectivity index (χ0v) is 11.4. The first kappa shape index (κ1) is 13.1. The quantitative estimate of drug-likeness (QED) is 0.781. The van der Waals surface area contributed by atoms with Crippen molar-refractivity contribution in [2.45, 2.75) is 13.0 Å². The Balaban J connectivity index is 1.94. The van der Waals surface area contributed by atoms with Crippen molar-refractivity contribution in [1.29, 1.82) is 0 Å². The normalized spacial score (nSPS) is 22.9. The molecule has 1 saturated heterocycles. The van der Waals surface area contributed by atoms with E-state index in [0.717, 1.165) is 19.2 Å². The molecule has 1 unspecified atom stereocenters. The topological polar surface area (TPSA) is 52.7 Å². The number of nitrogens with one attached hydrogen (secondary N) is 1. The van der Waals surface area contributed by atoms with Gasteiger partial charge >= 0.3 is 0 Å². The number of rotatable bonds is 1. The van der Waals surface area contributed by atoms with Gasteiger partial charge in [-0.25, -0.2) is 4.39 Å². The van der Waals surface area contributed by atoms with E-state index in [4.69, 9.17) is 0 Å². The highest BCUT2D eigenvalue weighted by atomic mass is 19.1. The van der Waals surface area contributed by atoms with Gasteiger partial charge in [0.25, 0.3) is 11.7 Å². The minimum absolute atomic E-state index is 0.124. The molecule has 106 valence electrons. The van der Waals surface area contributed by atoms with E-state index in [-0.39, 0.29) is 5.56 Å². The number of carbonyl (C=O) groups excluding carboxylic acids is 2. The fourth-order valence-electron chi connectivity index (χ4n) is 2.66. The van der Waals surface area contributed by atoms with E-state index in [9.17, 15) is 14.0 Å². The molecular weight excluding hydrogens is 261 g/mol. The van der Waals surface area contributed by atoms with Crippen LogP contribution in [0.3, 0.4) is 0 Å². The Morgan fingerprint density at radius 2 is 2.05 bits per heavy atom. The number of amides is 1. The van der Waals surface area contributed by atoms with Crippen LogP contribution in [0.25, 0.3) is 0 Å². The Bertz CT molecular complexity index is 602. The van der Waals surface area contributed by atoms with Crippen LogP contribution in [0.4, 0.5) is 15.8 Å². The average Bonchev–Trinajstić information content (AvgIpc) is 2.68. The van der Waals surface area contributed by atoms with Gasteiger partial charge in [0.05, 0.1) is 16.9 Å². The molecule has 1 atom stereocenters. The SMILES string of the molecule is CC1CN(c2cc3c(cc2F)C(=O)C(=O)N3)CCN1C. The summed E-state index contributed by atoms with van der Waals surface area (Å²) in [5, 5.41) is 2.48. The van der Waals surface area contributed by atoms with Crippen molar-refractivity contribution in [2.24, 2.45) is 0 Å². The van der Waals surface area contributed by atoms with E-state index < -0.39 is 17.5 Å². The van der Waals surface area contributed by atoms with Crippen LogP contribution < -0.4 is 10.2 Å². The van der Waals surface area contributed by atoms with Gasteiger partial charge in [-0.3, -0.25) is 9.59 Å². The van der Waals surface area contributed by atoms with Crippen LogP contribution in [-0.4, -0.2) is 49.3 Å². The number of Topliss-reactive ketones (excluding diaryl/α,β-unsaturated/α-hetero) is 1. The summed E-state index contributed by atoms with van der Waals surface area (Å²) in [6, 6.07) is 3.05. The van der Waals surface area contributed by atoms with Crippen molar-refractivity contribution in [2.75, 3.05) is 36.9 Å². The van der Waals surface area contributed by atoms with E-state index >= 15 is 0 Å². The predicted octanol–water partition coefficient (Wildman–Crippen LogP) is 1.10.